The minimum atomic E-state index is -0.447. The summed E-state index contributed by atoms with van der Waals surface area (Å²) in [5.74, 6) is 0.0214. The largest absolute Gasteiger partial charge is 0.377 e. The topological polar surface area (TPSA) is 52.7 Å². The predicted octanol–water partition coefficient (Wildman–Crippen LogP) is 5.32. The lowest BCUT2D eigenvalue weighted by molar-refractivity contribution is -0.136. The van der Waals surface area contributed by atoms with Gasteiger partial charge in [0.05, 0.1) is 0 Å². The first kappa shape index (κ1) is 23.8. The van der Waals surface area contributed by atoms with Gasteiger partial charge in [-0.2, -0.15) is 0 Å². The Bertz CT molecular complexity index is 952. The Hall–Kier alpha value is -2.89. The monoisotopic (exact) mass is 439 g/mol. The van der Waals surface area contributed by atoms with Gasteiger partial charge in [0.15, 0.2) is 0 Å². The number of carbonyl (C=O) groups excluding carboxylic acids is 2. The zero-order chi connectivity index (χ0) is 23.3. The highest BCUT2D eigenvalue weighted by Crippen LogP contribution is 2.32. The molecule has 2 aromatic carbocycles. The Morgan fingerprint density at radius 1 is 1.09 bits per heavy atom. The molecule has 0 unspecified atom stereocenters. The number of benzene rings is 2. The van der Waals surface area contributed by atoms with Crippen molar-refractivity contribution in [1.82, 2.24) is 4.90 Å². The van der Waals surface area contributed by atoms with Crippen LogP contribution in [0.4, 0.5) is 15.8 Å². The molecule has 1 aliphatic carbocycles. The van der Waals surface area contributed by atoms with Crippen LogP contribution in [0, 0.1) is 17.7 Å². The highest BCUT2D eigenvalue weighted by Gasteiger charge is 2.30. The fourth-order valence-electron chi connectivity index (χ4n) is 4.01. The van der Waals surface area contributed by atoms with Crippen molar-refractivity contribution in [2.24, 2.45) is 11.8 Å². The molecule has 172 valence electrons. The summed E-state index contributed by atoms with van der Waals surface area (Å²) in [5.41, 5.74) is 2.88. The van der Waals surface area contributed by atoms with Crippen LogP contribution in [0.5, 0.6) is 0 Å². The van der Waals surface area contributed by atoms with Gasteiger partial charge in [0.25, 0.3) is 5.91 Å². The van der Waals surface area contributed by atoms with Crippen LogP contribution in [-0.4, -0.2) is 37.4 Å². The zero-order valence-corrected chi connectivity index (χ0v) is 19.5. The second kappa shape index (κ2) is 10.6. The SMILES string of the molecule is CCC(CC)C(=O)N(Cc1cc(NC(=O)c2cccc(F)c2)ccc1N(C)C)CC1CC1. The van der Waals surface area contributed by atoms with Crippen LogP contribution in [0.15, 0.2) is 42.5 Å². The molecule has 5 nitrogen and oxygen atoms in total. The molecule has 1 fully saturated rings. The molecule has 32 heavy (non-hydrogen) atoms. The lowest BCUT2D eigenvalue weighted by Gasteiger charge is -2.29. The molecule has 0 heterocycles. The van der Waals surface area contributed by atoms with E-state index in [-0.39, 0.29) is 23.3 Å². The van der Waals surface area contributed by atoms with E-state index < -0.39 is 5.82 Å². The van der Waals surface area contributed by atoms with Crippen molar-refractivity contribution >= 4 is 23.2 Å². The normalized spacial score (nSPS) is 13.2. The summed E-state index contributed by atoms with van der Waals surface area (Å²) >= 11 is 0. The lowest BCUT2D eigenvalue weighted by atomic mass is 10.0. The van der Waals surface area contributed by atoms with Gasteiger partial charge in [-0.3, -0.25) is 9.59 Å². The molecule has 0 atom stereocenters. The van der Waals surface area contributed by atoms with E-state index >= 15 is 0 Å². The Morgan fingerprint density at radius 3 is 2.41 bits per heavy atom. The van der Waals surface area contributed by atoms with Crippen molar-refractivity contribution in [2.45, 2.75) is 46.1 Å². The summed E-state index contributed by atoms with van der Waals surface area (Å²) < 4.78 is 13.5. The lowest BCUT2D eigenvalue weighted by Crippen LogP contribution is -2.37. The third-order valence-electron chi connectivity index (χ3n) is 6.09. The third-order valence-corrected chi connectivity index (χ3v) is 6.09. The average Bonchev–Trinajstić information content (AvgIpc) is 3.58. The van der Waals surface area contributed by atoms with Crippen molar-refractivity contribution in [2.75, 3.05) is 30.9 Å². The molecule has 6 heteroatoms. The number of halogens is 1. The molecule has 0 radical (unpaired) electrons. The molecule has 0 aliphatic heterocycles. The van der Waals surface area contributed by atoms with Gasteiger partial charge in [0.2, 0.25) is 5.91 Å². The van der Waals surface area contributed by atoms with E-state index in [1.165, 1.54) is 31.0 Å². The quantitative estimate of drug-likeness (QED) is 0.545. The zero-order valence-electron chi connectivity index (χ0n) is 19.5. The fraction of sp³-hybridized carbons (Fsp3) is 0.462. The van der Waals surface area contributed by atoms with Crippen molar-refractivity contribution in [3.8, 4) is 0 Å². The summed E-state index contributed by atoms with van der Waals surface area (Å²) in [6, 6.07) is 11.3. The van der Waals surface area contributed by atoms with E-state index in [2.05, 4.69) is 19.2 Å². The van der Waals surface area contributed by atoms with Crippen molar-refractivity contribution in [3.05, 3.63) is 59.4 Å². The van der Waals surface area contributed by atoms with E-state index in [1.54, 1.807) is 6.07 Å². The van der Waals surface area contributed by atoms with Crippen LogP contribution in [0.2, 0.25) is 0 Å². The number of rotatable bonds is 10. The molecule has 0 aromatic heterocycles. The molecule has 0 saturated heterocycles. The van der Waals surface area contributed by atoms with E-state index in [1.807, 2.05) is 42.1 Å². The second-order valence-corrected chi connectivity index (χ2v) is 8.88. The maximum Gasteiger partial charge on any atom is 0.255 e. The number of amides is 2. The van der Waals surface area contributed by atoms with Gasteiger partial charge in [-0.05, 0) is 73.6 Å². The number of nitrogens with zero attached hydrogens (tertiary/aromatic N) is 2. The van der Waals surface area contributed by atoms with Crippen LogP contribution in [-0.2, 0) is 11.3 Å². The van der Waals surface area contributed by atoms with E-state index in [9.17, 15) is 14.0 Å². The Balaban J connectivity index is 1.85. The molecule has 1 saturated carbocycles. The van der Waals surface area contributed by atoms with Crippen molar-refractivity contribution in [1.29, 1.82) is 0 Å². The van der Waals surface area contributed by atoms with E-state index in [0.29, 0.717) is 18.2 Å². The first-order valence-corrected chi connectivity index (χ1v) is 11.5. The van der Waals surface area contributed by atoms with Crippen LogP contribution in [0.1, 0.15) is 55.5 Å². The van der Waals surface area contributed by atoms with Gasteiger partial charge in [0, 0.05) is 50.0 Å². The first-order chi connectivity index (χ1) is 15.3. The van der Waals surface area contributed by atoms with Crippen LogP contribution in [0.3, 0.4) is 0 Å². The minimum absolute atomic E-state index is 0.0346. The molecule has 1 aliphatic rings. The maximum absolute atomic E-state index is 13.5. The minimum Gasteiger partial charge on any atom is -0.377 e. The molecule has 0 spiro atoms. The number of carbonyl (C=O) groups is 2. The average molecular weight is 440 g/mol. The Kier molecular flexibility index (Phi) is 7.89. The molecule has 2 aromatic rings. The van der Waals surface area contributed by atoms with Gasteiger partial charge in [0.1, 0.15) is 5.82 Å². The first-order valence-electron chi connectivity index (χ1n) is 11.5. The van der Waals surface area contributed by atoms with Gasteiger partial charge in [-0.25, -0.2) is 4.39 Å². The third kappa shape index (κ3) is 6.09. The van der Waals surface area contributed by atoms with Crippen LogP contribution < -0.4 is 10.2 Å². The molecule has 0 bridgehead atoms. The van der Waals surface area contributed by atoms with Crippen molar-refractivity contribution < 1.29 is 14.0 Å². The fourth-order valence-corrected chi connectivity index (χ4v) is 4.01. The highest BCUT2D eigenvalue weighted by atomic mass is 19.1. The summed E-state index contributed by atoms with van der Waals surface area (Å²) in [7, 11) is 3.94. The van der Waals surface area contributed by atoms with Crippen LogP contribution in [0.25, 0.3) is 0 Å². The highest BCUT2D eigenvalue weighted by molar-refractivity contribution is 6.04. The van der Waals surface area contributed by atoms with Gasteiger partial charge in [-0.1, -0.05) is 19.9 Å². The number of hydrogen-bond acceptors (Lipinski definition) is 3. The molecular weight excluding hydrogens is 405 g/mol. The molecular formula is C26H34FN3O2. The molecule has 3 rings (SSSR count). The molecule has 2 amide bonds. The number of anilines is 2. The number of nitrogens with one attached hydrogen (secondary N) is 1. The maximum atomic E-state index is 13.5. The van der Waals surface area contributed by atoms with E-state index in [4.69, 9.17) is 0 Å². The standard InChI is InChI=1S/C26H34FN3O2/c1-5-19(6-2)26(32)30(16-18-10-11-18)17-21-15-23(12-13-24(21)29(3)4)28-25(31)20-8-7-9-22(27)14-20/h7-9,12-15,18-19H,5-6,10-11,16-17H2,1-4H3,(H,28,31). The predicted molar refractivity (Wildman–Crippen MR) is 127 cm³/mol. The second-order valence-electron chi connectivity index (χ2n) is 8.88. The Labute approximate surface area is 190 Å². The van der Waals surface area contributed by atoms with Crippen molar-refractivity contribution in [3.63, 3.8) is 0 Å². The van der Waals surface area contributed by atoms with Crippen LogP contribution >= 0.6 is 0 Å². The number of hydrogen-bond donors (Lipinski definition) is 1. The summed E-state index contributed by atoms with van der Waals surface area (Å²) in [4.78, 5) is 29.8. The smallest absolute Gasteiger partial charge is 0.255 e. The summed E-state index contributed by atoms with van der Waals surface area (Å²) in [5, 5.41) is 2.87. The van der Waals surface area contributed by atoms with E-state index in [0.717, 1.165) is 30.6 Å². The Morgan fingerprint density at radius 2 is 1.81 bits per heavy atom. The summed E-state index contributed by atoms with van der Waals surface area (Å²) in [6.45, 7) is 5.41. The van der Waals surface area contributed by atoms with Gasteiger partial charge >= 0.3 is 0 Å². The summed E-state index contributed by atoms with van der Waals surface area (Å²) in [6.07, 6.45) is 4.02. The van der Waals surface area contributed by atoms with Gasteiger partial charge < -0.3 is 15.1 Å². The van der Waals surface area contributed by atoms with Gasteiger partial charge in [-0.15, -0.1) is 0 Å². The molecule has 1 N–H and O–H groups in total.